The van der Waals surface area contributed by atoms with Gasteiger partial charge in [0.05, 0.1) is 16.5 Å². The molecule has 3 aromatic rings. The van der Waals surface area contributed by atoms with Crippen LogP contribution in [0.1, 0.15) is 17.2 Å². The number of carbonyl (C=O) groups is 2. The van der Waals surface area contributed by atoms with Crippen molar-refractivity contribution in [2.24, 2.45) is 0 Å². The largest absolute Gasteiger partial charge is 0.507 e. The van der Waals surface area contributed by atoms with Crippen LogP contribution in [0.5, 0.6) is 0 Å². The molecule has 2 aromatic carbocycles. The molecule has 1 aromatic heterocycles. The molecule has 1 atom stereocenters. The lowest BCUT2D eigenvalue weighted by Gasteiger charge is -2.23. The van der Waals surface area contributed by atoms with E-state index in [0.29, 0.717) is 5.02 Å². The highest BCUT2D eigenvalue weighted by Gasteiger charge is 2.48. The molecule has 1 saturated heterocycles. The molecular weight excluding hydrogens is 424 g/mol. The molecule has 0 saturated carbocycles. The predicted molar refractivity (Wildman–Crippen MR) is 111 cm³/mol. The van der Waals surface area contributed by atoms with E-state index in [-0.39, 0.29) is 28.3 Å². The van der Waals surface area contributed by atoms with Crippen LogP contribution >= 0.6 is 11.6 Å². The third kappa shape index (κ3) is 3.62. The van der Waals surface area contributed by atoms with E-state index in [1.807, 2.05) is 0 Å². The number of aliphatic hydroxyl groups is 1. The lowest BCUT2D eigenvalue weighted by atomic mass is 9.95. The second kappa shape index (κ2) is 7.96. The van der Waals surface area contributed by atoms with Crippen LogP contribution in [0.25, 0.3) is 5.76 Å². The fraction of sp³-hybridized carbons (Fsp3) is 0.0476. The van der Waals surface area contributed by atoms with Gasteiger partial charge in [-0.15, -0.1) is 0 Å². The quantitative estimate of drug-likeness (QED) is 0.217. The van der Waals surface area contributed by atoms with Crippen LogP contribution in [-0.4, -0.2) is 31.7 Å². The first-order valence-electron chi connectivity index (χ1n) is 8.97. The molecule has 31 heavy (non-hydrogen) atoms. The van der Waals surface area contributed by atoms with Gasteiger partial charge in [0.1, 0.15) is 5.76 Å². The Morgan fingerprint density at radius 2 is 1.74 bits per heavy atom. The smallest absolute Gasteiger partial charge is 0.302 e. The van der Waals surface area contributed by atoms with Gasteiger partial charge in [0.2, 0.25) is 5.95 Å². The van der Waals surface area contributed by atoms with Crippen LogP contribution in [0.2, 0.25) is 5.02 Å². The van der Waals surface area contributed by atoms with Crippen LogP contribution < -0.4 is 4.90 Å². The summed E-state index contributed by atoms with van der Waals surface area (Å²) in [4.78, 5) is 45.6. The first-order valence-corrected chi connectivity index (χ1v) is 9.34. The molecule has 0 bridgehead atoms. The standard InChI is InChI=1S/C21H13ClN4O5/c22-14-7-5-12(6-8-14)18(27)16-17(13-3-1-4-15(11-13)26(30)31)25(20(29)19(16)28)21-23-9-2-10-24-21/h1-11,17,27H/t17-/m1/s1. The van der Waals surface area contributed by atoms with Crippen LogP contribution in [0.3, 0.4) is 0 Å². The normalized spacial score (nSPS) is 17.7. The summed E-state index contributed by atoms with van der Waals surface area (Å²) in [6, 6.07) is 11.9. The predicted octanol–water partition coefficient (Wildman–Crippen LogP) is 3.66. The molecule has 0 unspecified atom stereocenters. The number of nitrogens with zero attached hydrogens (tertiary/aromatic N) is 4. The number of hydrogen-bond donors (Lipinski definition) is 1. The zero-order valence-corrected chi connectivity index (χ0v) is 16.4. The molecule has 9 nitrogen and oxygen atoms in total. The third-order valence-corrected chi connectivity index (χ3v) is 4.98. The first-order chi connectivity index (χ1) is 14.9. The van der Waals surface area contributed by atoms with Crippen molar-refractivity contribution in [1.29, 1.82) is 0 Å². The number of amides is 1. The number of nitro benzene ring substituents is 1. The summed E-state index contributed by atoms with van der Waals surface area (Å²) in [6.07, 6.45) is 2.79. The highest BCUT2D eigenvalue weighted by molar-refractivity contribution is 6.51. The van der Waals surface area contributed by atoms with Crippen molar-refractivity contribution in [3.8, 4) is 0 Å². The Bertz CT molecular complexity index is 1230. The number of carbonyl (C=O) groups excluding carboxylic acids is 2. The third-order valence-electron chi connectivity index (χ3n) is 4.73. The Morgan fingerprint density at radius 1 is 1.06 bits per heavy atom. The molecule has 0 spiro atoms. The van der Waals surface area contributed by atoms with Gasteiger partial charge >= 0.3 is 5.91 Å². The van der Waals surface area contributed by atoms with Gasteiger partial charge in [-0.05, 0) is 35.9 Å². The molecular formula is C21H13ClN4O5. The number of anilines is 1. The zero-order chi connectivity index (χ0) is 22.1. The van der Waals surface area contributed by atoms with E-state index in [1.165, 1.54) is 67.0 Å². The van der Waals surface area contributed by atoms with Crippen LogP contribution in [0, 0.1) is 10.1 Å². The number of rotatable bonds is 4. The van der Waals surface area contributed by atoms with E-state index in [0.717, 1.165) is 4.90 Å². The SMILES string of the molecule is O=C1C(=O)N(c2ncccn2)[C@H](c2cccc([N+](=O)[O-])c2)C1=C(O)c1ccc(Cl)cc1. The average molecular weight is 437 g/mol. The van der Waals surface area contributed by atoms with Gasteiger partial charge in [0.15, 0.2) is 0 Å². The van der Waals surface area contributed by atoms with Crippen molar-refractivity contribution in [2.75, 3.05) is 4.90 Å². The Labute approximate surface area is 180 Å². The fourth-order valence-corrected chi connectivity index (χ4v) is 3.47. The number of hydrogen-bond acceptors (Lipinski definition) is 7. The topological polar surface area (TPSA) is 127 Å². The molecule has 1 fully saturated rings. The number of non-ortho nitro benzene ring substituents is 1. The van der Waals surface area contributed by atoms with Gasteiger partial charge in [-0.1, -0.05) is 23.7 Å². The second-order valence-electron chi connectivity index (χ2n) is 6.58. The van der Waals surface area contributed by atoms with Gasteiger partial charge in [0.25, 0.3) is 11.5 Å². The number of ketones is 1. The number of Topliss-reactive ketones (excluding diaryl/α,β-unsaturated/α-hetero) is 1. The molecule has 10 heteroatoms. The minimum absolute atomic E-state index is 0.0729. The Kier molecular flexibility index (Phi) is 5.18. The minimum atomic E-state index is -1.17. The summed E-state index contributed by atoms with van der Waals surface area (Å²) in [6.45, 7) is 0. The van der Waals surface area contributed by atoms with Crippen molar-refractivity contribution in [2.45, 2.75) is 6.04 Å². The van der Waals surface area contributed by atoms with E-state index in [2.05, 4.69) is 9.97 Å². The number of nitro groups is 1. The maximum absolute atomic E-state index is 12.9. The molecule has 4 rings (SSSR count). The Hall–Kier alpha value is -4.11. The maximum atomic E-state index is 12.9. The van der Waals surface area contributed by atoms with Crippen molar-refractivity contribution >= 4 is 40.7 Å². The number of aliphatic hydroxyl groups excluding tert-OH is 1. The van der Waals surface area contributed by atoms with Crippen molar-refractivity contribution in [3.05, 3.63) is 98.8 Å². The summed E-state index contributed by atoms with van der Waals surface area (Å²) < 4.78 is 0. The average Bonchev–Trinajstić information content (AvgIpc) is 3.05. The van der Waals surface area contributed by atoms with Crippen LogP contribution in [0.15, 0.2) is 72.6 Å². The monoisotopic (exact) mass is 436 g/mol. The van der Waals surface area contributed by atoms with Crippen molar-refractivity contribution in [1.82, 2.24) is 9.97 Å². The lowest BCUT2D eigenvalue weighted by Crippen LogP contribution is -2.31. The van der Waals surface area contributed by atoms with Crippen LogP contribution in [0.4, 0.5) is 11.6 Å². The van der Waals surface area contributed by atoms with Crippen LogP contribution in [-0.2, 0) is 9.59 Å². The van der Waals surface area contributed by atoms with E-state index < -0.39 is 28.4 Å². The summed E-state index contributed by atoms with van der Waals surface area (Å²) in [5.74, 6) is -2.43. The highest BCUT2D eigenvalue weighted by atomic mass is 35.5. The summed E-state index contributed by atoms with van der Waals surface area (Å²) in [5, 5.41) is 22.6. The molecule has 154 valence electrons. The zero-order valence-electron chi connectivity index (χ0n) is 15.7. The summed E-state index contributed by atoms with van der Waals surface area (Å²) >= 11 is 5.90. The van der Waals surface area contributed by atoms with Crippen molar-refractivity contribution < 1.29 is 19.6 Å². The van der Waals surface area contributed by atoms with E-state index in [4.69, 9.17) is 11.6 Å². The molecule has 0 radical (unpaired) electrons. The molecule has 1 amide bonds. The van der Waals surface area contributed by atoms with E-state index >= 15 is 0 Å². The number of aromatic nitrogens is 2. The maximum Gasteiger partial charge on any atom is 0.302 e. The van der Waals surface area contributed by atoms with Gasteiger partial charge in [-0.2, -0.15) is 0 Å². The van der Waals surface area contributed by atoms with E-state index in [9.17, 15) is 24.8 Å². The Balaban J connectivity index is 1.96. The number of benzene rings is 2. The summed E-state index contributed by atoms with van der Waals surface area (Å²) in [7, 11) is 0. The molecule has 1 aliphatic heterocycles. The van der Waals surface area contributed by atoms with Gasteiger partial charge < -0.3 is 5.11 Å². The first kappa shape index (κ1) is 20.2. The second-order valence-corrected chi connectivity index (χ2v) is 7.01. The molecule has 0 aliphatic carbocycles. The fourth-order valence-electron chi connectivity index (χ4n) is 3.34. The highest BCUT2D eigenvalue weighted by Crippen LogP contribution is 2.41. The van der Waals surface area contributed by atoms with Gasteiger partial charge in [0, 0.05) is 35.1 Å². The molecule has 2 heterocycles. The lowest BCUT2D eigenvalue weighted by molar-refractivity contribution is -0.384. The minimum Gasteiger partial charge on any atom is -0.507 e. The van der Waals surface area contributed by atoms with Crippen molar-refractivity contribution in [3.63, 3.8) is 0 Å². The Morgan fingerprint density at radius 3 is 2.39 bits per heavy atom. The van der Waals surface area contributed by atoms with E-state index in [1.54, 1.807) is 0 Å². The van der Waals surface area contributed by atoms with Gasteiger partial charge in [-0.3, -0.25) is 24.6 Å². The molecule has 1 aliphatic rings. The van der Waals surface area contributed by atoms with Gasteiger partial charge in [-0.25, -0.2) is 9.97 Å². The summed E-state index contributed by atoms with van der Waals surface area (Å²) in [5.41, 5.74) is 0.0343. The molecule has 1 N–H and O–H groups in total. The number of halogens is 1.